The maximum absolute atomic E-state index is 5.58. The first-order valence-electron chi connectivity index (χ1n) is 8.43. The normalized spacial score (nSPS) is 29.5. The molecule has 0 spiro atoms. The second-order valence-corrected chi connectivity index (χ2v) is 6.68. The Balaban J connectivity index is 1.76. The molecule has 1 aliphatic heterocycles. The maximum atomic E-state index is 5.58. The van der Waals surface area contributed by atoms with Gasteiger partial charge in [0.2, 0.25) is 0 Å². The second kappa shape index (κ2) is 6.11. The highest BCUT2D eigenvalue weighted by Gasteiger charge is 2.51. The van der Waals surface area contributed by atoms with Crippen LogP contribution in [-0.2, 0) is 4.74 Å². The van der Waals surface area contributed by atoms with Gasteiger partial charge in [0.25, 0.3) is 0 Å². The van der Waals surface area contributed by atoms with E-state index >= 15 is 0 Å². The molecule has 0 aromatic rings. The van der Waals surface area contributed by atoms with E-state index in [9.17, 15) is 0 Å². The van der Waals surface area contributed by atoms with Crippen molar-refractivity contribution in [2.75, 3.05) is 32.8 Å². The van der Waals surface area contributed by atoms with E-state index in [2.05, 4.69) is 17.1 Å². The summed E-state index contributed by atoms with van der Waals surface area (Å²) >= 11 is 0. The molecule has 3 rings (SSSR count). The first kappa shape index (κ1) is 13.8. The fourth-order valence-corrected chi connectivity index (χ4v) is 4.34. The number of hydrogen-bond donors (Lipinski definition) is 1. The number of hydrogen-bond acceptors (Lipinski definition) is 3. The van der Waals surface area contributed by atoms with E-state index in [0.717, 1.165) is 38.3 Å². The molecule has 0 bridgehead atoms. The standard InChI is InChI=1S/C16H30N2O/c1-2-9-17-15(14-5-6-14)16(7-3-4-8-16)18-10-12-19-13-11-18/h14-15,17H,2-13H2,1H3. The molecule has 1 N–H and O–H groups in total. The Hall–Kier alpha value is -0.120. The van der Waals surface area contributed by atoms with Gasteiger partial charge in [-0.25, -0.2) is 0 Å². The molecule has 3 aliphatic rings. The fourth-order valence-electron chi connectivity index (χ4n) is 4.34. The smallest absolute Gasteiger partial charge is 0.0594 e. The molecule has 2 aliphatic carbocycles. The highest BCUT2D eigenvalue weighted by Crippen LogP contribution is 2.47. The van der Waals surface area contributed by atoms with Crippen molar-refractivity contribution in [2.45, 2.75) is 63.5 Å². The van der Waals surface area contributed by atoms with E-state index in [1.54, 1.807) is 0 Å². The number of nitrogens with one attached hydrogen (secondary N) is 1. The Bertz CT molecular complexity index is 278. The third-order valence-corrected chi connectivity index (χ3v) is 5.40. The molecule has 2 saturated carbocycles. The third kappa shape index (κ3) is 2.84. The molecule has 3 fully saturated rings. The van der Waals surface area contributed by atoms with Gasteiger partial charge in [-0.15, -0.1) is 0 Å². The second-order valence-electron chi connectivity index (χ2n) is 6.68. The quantitative estimate of drug-likeness (QED) is 0.799. The van der Waals surface area contributed by atoms with Gasteiger partial charge in [-0.1, -0.05) is 19.8 Å². The van der Waals surface area contributed by atoms with Crippen LogP contribution in [0.2, 0.25) is 0 Å². The summed E-state index contributed by atoms with van der Waals surface area (Å²) in [5.74, 6) is 0.951. The van der Waals surface area contributed by atoms with Crippen molar-refractivity contribution in [2.24, 2.45) is 5.92 Å². The fraction of sp³-hybridized carbons (Fsp3) is 1.00. The van der Waals surface area contributed by atoms with Crippen LogP contribution < -0.4 is 5.32 Å². The van der Waals surface area contributed by atoms with Crippen LogP contribution >= 0.6 is 0 Å². The molecule has 3 heteroatoms. The Kier molecular flexibility index (Phi) is 4.45. The van der Waals surface area contributed by atoms with Crippen LogP contribution in [-0.4, -0.2) is 49.3 Å². The predicted octanol–water partition coefficient (Wildman–Crippen LogP) is 2.41. The minimum absolute atomic E-state index is 0.458. The molecule has 0 aromatic heterocycles. The molecule has 110 valence electrons. The Morgan fingerprint density at radius 2 is 1.89 bits per heavy atom. The van der Waals surface area contributed by atoms with Crippen LogP contribution in [0, 0.1) is 5.92 Å². The van der Waals surface area contributed by atoms with Crippen molar-refractivity contribution >= 4 is 0 Å². The molecule has 0 aromatic carbocycles. The van der Waals surface area contributed by atoms with E-state index in [-0.39, 0.29) is 0 Å². The van der Waals surface area contributed by atoms with Crippen molar-refractivity contribution in [1.82, 2.24) is 10.2 Å². The molecule has 1 heterocycles. The van der Waals surface area contributed by atoms with E-state index in [1.807, 2.05) is 0 Å². The van der Waals surface area contributed by atoms with Crippen molar-refractivity contribution in [3.05, 3.63) is 0 Å². The van der Waals surface area contributed by atoms with Gasteiger partial charge in [0, 0.05) is 24.7 Å². The molecule has 1 unspecified atom stereocenters. The zero-order valence-electron chi connectivity index (χ0n) is 12.5. The molecule has 1 atom stereocenters. The molecule has 3 nitrogen and oxygen atoms in total. The minimum Gasteiger partial charge on any atom is -0.379 e. The van der Waals surface area contributed by atoms with Gasteiger partial charge in [-0.2, -0.15) is 0 Å². The first-order chi connectivity index (χ1) is 9.37. The summed E-state index contributed by atoms with van der Waals surface area (Å²) in [6.07, 6.45) is 9.82. The van der Waals surface area contributed by atoms with E-state index in [4.69, 9.17) is 4.74 Å². The summed E-state index contributed by atoms with van der Waals surface area (Å²) < 4.78 is 5.58. The van der Waals surface area contributed by atoms with Crippen molar-refractivity contribution in [3.8, 4) is 0 Å². The largest absolute Gasteiger partial charge is 0.379 e. The van der Waals surface area contributed by atoms with Crippen molar-refractivity contribution in [1.29, 1.82) is 0 Å². The summed E-state index contributed by atoms with van der Waals surface area (Å²) in [7, 11) is 0. The average molecular weight is 266 g/mol. The molecule has 0 amide bonds. The van der Waals surface area contributed by atoms with Crippen LogP contribution in [0.1, 0.15) is 51.9 Å². The van der Waals surface area contributed by atoms with Crippen LogP contribution in [0.4, 0.5) is 0 Å². The number of morpholine rings is 1. The number of ether oxygens (including phenoxy) is 1. The van der Waals surface area contributed by atoms with Crippen LogP contribution in [0.3, 0.4) is 0 Å². The van der Waals surface area contributed by atoms with Gasteiger partial charge in [0.05, 0.1) is 13.2 Å². The monoisotopic (exact) mass is 266 g/mol. The molecule has 1 saturated heterocycles. The van der Waals surface area contributed by atoms with Gasteiger partial charge < -0.3 is 10.1 Å². The van der Waals surface area contributed by atoms with Gasteiger partial charge >= 0.3 is 0 Å². The van der Waals surface area contributed by atoms with Gasteiger partial charge in [0.15, 0.2) is 0 Å². The van der Waals surface area contributed by atoms with Crippen molar-refractivity contribution in [3.63, 3.8) is 0 Å². The summed E-state index contributed by atoms with van der Waals surface area (Å²) in [5, 5.41) is 3.93. The summed E-state index contributed by atoms with van der Waals surface area (Å²) in [6.45, 7) is 7.65. The Labute approximate surface area is 118 Å². The Morgan fingerprint density at radius 1 is 1.21 bits per heavy atom. The van der Waals surface area contributed by atoms with Crippen LogP contribution in [0.15, 0.2) is 0 Å². The van der Waals surface area contributed by atoms with Gasteiger partial charge in [0.1, 0.15) is 0 Å². The highest BCUT2D eigenvalue weighted by atomic mass is 16.5. The lowest BCUT2D eigenvalue weighted by atomic mass is 9.82. The van der Waals surface area contributed by atoms with Crippen LogP contribution in [0.5, 0.6) is 0 Å². The lowest BCUT2D eigenvalue weighted by Gasteiger charge is -2.49. The summed E-state index contributed by atoms with van der Waals surface area (Å²) in [5.41, 5.74) is 0.458. The SMILES string of the molecule is CCCNC(C1CC1)C1(N2CCOCC2)CCCC1. The van der Waals surface area contributed by atoms with E-state index in [0.29, 0.717) is 5.54 Å². The minimum atomic E-state index is 0.458. The topological polar surface area (TPSA) is 24.5 Å². The molecule has 19 heavy (non-hydrogen) atoms. The maximum Gasteiger partial charge on any atom is 0.0594 e. The average Bonchev–Trinajstić information content (AvgIpc) is 3.17. The lowest BCUT2D eigenvalue weighted by Crippen LogP contribution is -2.63. The number of rotatable bonds is 6. The van der Waals surface area contributed by atoms with Gasteiger partial charge in [-0.05, 0) is 44.6 Å². The molecule has 0 radical (unpaired) electrons. The van der Waals surface area contributed by atoms with E-state index < -0.39 is 0 Å². The molecular weight excluding hydrogens is 236 g/mol. The Morgan fingerprint density at radius 3 is 2.47 bits per heavy atom. The third-order valence-electron chi connectivity index (χ3n) is 5.40. The lowest BCUT2D eigenvalue weighted by molar-refractivity contribution is -0.0389. The number of nitrogens with zero attached hydrogens (tertiary/aromatic N) is 1. The zero-order chi connectivity index (χ0) is 13.1. The zero-order valence-corrected chi connectivity index (χ0v) is 12.5. The summed E-state index contributed by atoms with van der Waals surface area (Å²) in [4.78, 5) is 2.79. The summed E-state index contributed by atoms with van der Waals surface area (Å²) in [6, 6.07) is 0.744. The van der Waals surface area contributed by atoms with E-state index in [1.165, 1.54) is 51.5 Å². The van der Waals surface area contributed by atoms with Crippen molar-refractivity contribution < 1.29 is 4.74 Å². The first-order valence-corrected chi connectivity index (χ1v) is 8.43. The highest BCUT2D eigenvalue weighted by molar-refractivity contribution is 5.09. The predicted molar refractivity (Wildman–Crippen MR) is 78.4 cm³/mol. The van der Waals surface area contributed by atoms with Gasteiger partial charge in [-0.3, -0.25) is 4.90 Å². The van der Waals surface area contributed by atoms with Crippen LogP contribution in [0.25, 0.3) is 0 Å². The molecular formula is C16H30N2O.